The Morgan fingerprint density at radius 1 is 1.26 bits per heavy atom. The fraction of sp³-hybridized carbons (Fsp3) is 0.667. The minimum absolute atomic E-state index is 0.00463. The van der Waals surface area contributed by atoms with Crippen molar-refractivity contribution in [2.24, 2.45) is 0 Å². The maximum absolute atomic E-state index is 9.02. The number of ether oxygens (including phenoxy) is 2. The SMILES string of the molecule is CNc1cc(NC(CCO)COC)nc(COC)n1. The zero-order valence-electron chi connectivity index (χ0n) is 11.6. The first-order chi connectivity index (χ1) is 9.23. The highest BCUT2D eigenvalue weighted by molar-refractivity contribution is 5.47. The molecule has 0 aliphatic rings. The van der Waals surface area contributed by atoms with Gasteiger partial charge >= 0.3 is 0 Å². The number of nitrogens with zero attached hydrogens (tertiary/aromatic N) is 2. The summed E-state index contributed by atoms with van der Waals surface area (Å²) in [6, 6.07) is 1.81. The number of hydrogen-bond acceptors (Lipinski definition) is 7. The average Bonchev–Trinajstić information content (AvgIpc) is 2.39. The van der Waals surface area contributed by atoms with Crippen molar-refractivity contribution in [1.29, 1.82) is 0 Å². The van der Waals surface area contributed by atoms with Gasteiger partial charge in [-0.3, -0.25) is 0 Å². The Kier molecular flexibility index (Phi) is 7.09. The topological polar surface area (TPSA) is 88.5 Å². The first-order valence-corrected chi connectivity index (χ1v) is 6.14. The first-order valence-electron chi connectivity index (χ1n) is 6.14. The quantitative estimate of drug-likeness (QED) is 0.601. The van der Waals surface area contributed by atoms with Crippen molar-refractivity contribution >= 4 is 11.6 Å². The molecule has 3 N–H and O–H groups in total. The van der Waals surface area contributed by atoms with E-state index in [1.165, 1.54) is 0 Å². The molecule has 0 radical (unpaired) electrons. The van der Waals surface area contributed by atoms with Gasteiger partial charge in [-0.05, 0) is 6.42 Å². The number of rotatable bonds is 9. The third kappa shape index (κ3) is 5.37. The lowest BCUT2D eigenvalue weighted by molar-refractivity contribution is 0.169. The van der Waals surface area contributed by atoms with Gasteiger partial charge in [0.25, 0.3) is 0 Å². The molecular weight excluding hydrogens is 248 g/mol. The van der Waals surface area contributed by atoms with Gasteiger partial charge in [-0.2, -0.15) is 0 Å². The van der Waals surface area contributed by atoms with Crippen LogP contribution in [0.3, 0.4) is 0 Å². The summed E-state index contributed by atoms with van der Waals surface area (Å²) in [5.41, 5.74) is 0. The third-order valence-corrected chi connectivity index (χ3v) is 2.50. The number of anilines is 2. The number of nitrogens with one attached hydrogen (secondary N) is 2. The van der Waals surface area contributed by atoms with Gasteiger partial charge in [0.05, 0.1) is 12.6 Å². The Morgan fingerprint density at radius 3 is 2.58 bits per heavy atom. The molecule has 7 nitrogen and oxygen atoms in total. The summed E-state index contributed by atoms with van der Waals surface area (Å²) >= 11 is 0. The van der Waals surface area contributed by atoms with Gasteiger partial charge in [0.15, 0.2) is 5.82 Å². The van der Waals surface area contributed by atoms with Gasteiger partial charge in [-0.15, -0.1) is 0 Å². The highest BCUT2D eigenvalue weighted by Gasteiger charge is 2.10. The van der Waals surface area contributed by atoms with Gasteiger partial charge in [-0.25, -0.2) is 9.97 Å². The molecule has 0 fully saturated rings. The fourth-order valence-corrected chi connectivity index (χ4v) is 1.66. The van der Waals surface area contributed by atoms with E-state index < -0.39 is 0 Å². The number of methoxy groups -OCH3 is 2. The van der Waals surface area contributed by atoms with E-state index in [1.807, 2.05) is 0 Å². The molecular formula is C12H22N4O3. The number of hydrogen-bond donors (Lipinski definition) is 3. The summed E-state index contributed by atoms with van der Waals surface area (Å²) in [5.74, 6) is 1.99. The predicted octanol–water partition coefficient (Wildman–Crippen LogP) is 0.474. The van der Waals surface area contributed by atoms with Crippen molar-refractivity contribution in [2.45, 2.75) is 19.1 Å². The Hall–Kier alpha value is -1.44. The molecule has 0 bridgehead atoms. The standard InChI is InChI=1S/C12H22N4O3/c1-13-10-6-11(16-12(15-10)8-19-3)14-9(4-5-17)7-18-2/h6,9,17H,4-5,7-8H2,1-3H3,(H2,13,14,15,16). The summed E-state index contributed by atoms with van der Waals surface area (Å²) in [4.78, 5) is 8.62. The number of aliphatic hydroxyl groups excluding tert-OH is 1. The molecule has 0 saturated carbocycles. The Labute approximate surface area is 113 Å². The largest absolute Gasteiger partial charge is 0.396 e. The molecule has 7 heteroatoms. The van der Waals surface area contributed by atoms with Crippen LogP contribution in [0.1, 0.15) is 12.2 Å². The van der Waals surface area contributed by atoms with E-state index in [0.717, 1.165) is 0 Å². The summed E-state index contributed by atoms with van der Waals surface area (Å²) in [6.45, 7) is 0.939. The molecule has 1 aromatic rings. The summed E-state index contributed by atoms with van der Waals surface area (Å²) in [6.07, 6.45) is 0.590. The molecule has 19 heavy (non-hydrogen) atoms. The minimum atomic E-state index is 0.00463. The van der Waals surface area contributed by atoms with Crippen LogP contribution in [0.4, 0.5) is 11.6 Å². The Bertz CT molecular complexity index is 370. The van der Waals surface area contributed by atoms with Gasteiger partial charge in [0, 0.05) is 33.9 Å². The van der Waals surface area contributed by atoms with Gasteiger partial charge in [0.2, 0.25) is 0 Å². The van der Waals surface area contributed by atoms with Crippen LogP contribution >= 0.6 is 0 Å². The molecule has 0 aromatic carbocycles. The zero-order chi connectivity index (χ0) is 14.1. The molecule has 1 unspecified atom stereocenters. The van der Waals surface area contributed by atoms with E-state index >= 15 is 0 Å². The lowest BCUT2D eigenvalue weighted by atomic mass is 10.2. The molecule has 1 rings (SSSR count). The number of aliphatic hydroxyl groups is 1. The second-order valence-electron chi connectivity index (χ2n) is 4.05. The molecule has 1 aromatic heterocycles. The highest BCUT2D eigenvalue weighted by atomic mass is 16.5. The highest BCUT2D eigenvalue weighted by Crippen LogP contribution is 2.13. The second-order valence-corrected chi connectivity index (χ2v) is 4.05. The van der Waals surface area contributed by atoms with Gasteiger partial charge in [0.1, 0.15) is 18.2 Å². The Morgan fingerprint density at radius 2 is 2.00 bits per heavy atom. The van der Waals surface area contributed by atoms with E-state index in [-0.39, 0.29) is 12.6 Å². The van der Waals surface area contributed by atoms with Crippen LogP contribution in [0.2, 0.25) is 0 Å². The van der Waals surface area contributed by atoms with Crippen molar-refractivity contribution in [1.82, 2.24) is 9.97 Å². The van der Waals surface area contributed by atoms with Crippen LogP contribution in [0.5, 0.6) is 0 Å². The van der Waals surface area contributed by atoms with Gasteiger partial charge in [-0.1, -0.05) is 0 Å². The van der Waals surface area contributed by atoms with Crippen molar-refractivity contribution in [3.8, 4) is 0 Å². The zero-order valence-corrected chi connectivity index (χ0v) is 11.6. The van der Waals surface area contributed by atoms with E-state index in [9.17, 15) is 0 Å². The van der Waals surface area contributed by atoms with E-state index in [4.69, 9.17) is 14.6 Å². The van der Waals surface area contributed by atoms with Crippen LogP contribution in [-0.2, 0) is 16.1 Å². The van der Waals surface area contributed by atoms with E-state index in [1.54, 1.807) is 27.3 Å². The molecule has 0 aliphatic heterocycles. The molecule has 0 amide bonds. The third-order valence-electron chi connectivity index (χ3n) is 2.50. The number of aromatic nitrogens is 2. The molecule has 0 aliphatic carbocycles. The average molecular weight is 270 g/mol. The van der Waals surface area contributed by atoms with E-state index in [0.29, 0.717) is 37.1 Å². The molecule has 1 atom stereocenters. The van der Waals surface area contributed by atoms with Crippen LogP contribution in [-0.4, -0.2) is 55.6 Å². The molecule has 0 saturated heterocycles. The van der Waals surface area contributed by atoms with Gasteiger partial charge < -0.3 is 25.2 Å². The minimum Gasteiger partial charge on any atom is -0.396 e. The van der Waals surface area contributed by atoms with Crippen LogP contribution in [0, 0.1) is 0 Å². The van der Waals surface area contributed by atoms with Crippen LogP contribution in [0.25, 0.3) is 0 Å². The first kappa shape index (κ1) is 15.6. The lowest BCUT2D eigenvalue weighted by Gasteiger charge is -2.18. The summed E-state index contributed by atoms with van der Waals surface area (Å²) in [7, 11) is 5.02. The monoisotopic (exact) mass is 270 g/mol. The molecule has 1 heterocycles. The maximum Gasteiger partial charge on any atom is 0.158 e. The Balaban J connectivity index is 2.81. The summed E-state index contributed by atoms with van der Waals surface area (Å²) in [5, 5.41) is 15.2. The van der Waals surface area contributed by atoms with Crippen molar-refractivity contribution in [3.05, 3.63) is 11.9 Å². The van der Waals surface area contributed by atoms with Crippen molar-refractivity contribution < 1.29 is 14.6 Å². The van der Waals surface area contributed by atoms with E-state index in [2.05, 4.69) is 20.6 Å². The fourth-order valence-electron chi connectivity index (χ4n) is 1.66. The smallest absolute Gasteiger partial charge is 0.158 e. The van der Waals surface area contributed by atoms with Crippen molar-refractivity contribution in [2.75, 3.05) is 45.1 Å². The second kappa shape index (κ2) is 8.63. The predicted molar refractivity (Wildman–Crippen MR) is 73.3 cm³/mol. The lowest BCUT2D eigenvalue weighted by Crippen LogP contribution is -2.27. The van der Waals surface area contributed by atoms with Crippen molar-refractivity contribution in [3.63, 3.8) is 0 Å². The molecule has 0 spiro atoms. The summed E-state index contributed by atoms with van der Waals surface area (Å²) < 4.78 is 10.1. The van der Waals surface area contributed by atoms with Crippen LogP contribution in [0.15, 0.2) is 6.07 Å². The van der Waals surface area contributed by atoms with Crippen LogP contribution < -0.4 is 10.6 Å². The maximum atomic E-state index is 9.02. The normalized spacial score (nSPS) is 12.2. The molecule has 108 valence electrons.